The molecule has 1 aromatic heterocycles. The molecule has 3 rings (SSSR count). The summed E-state index contributed by atoms with van der Waals surface area (Å²) < 4.78 is 10.6. The van der Waals surface area contributed by atoms with Gasteiger partial charge in [0.2, 0.25) is 0 Å². The third-order valence-electron chi connectivity index (χ3n) is 3.55. The van der Waals surface area contributed by atoms with E-state index < -0.39 is 0 Å². The Hall–Kier alpha value is -1.36. The summed E-state index contributed by atoms with van der Waals surface area (Å²) in [6.45, 7) is 4.27. The Morgan fingerprint density at radius 3 is 2.85 bits per heavy atom. The Morgan fingerprint density at radius 2 is 2.10 bits per heavy atom. The van der Waals surface area contributed by atoms with Gasteiger partial charge < -0.3 is 9.47 Å². The number of nitrogens with zero attached hydrogens (tertiary/aromatic N) is 2. The highest BCUT2D eigenvalue weighted by molar-refractivity contribution is 6.30. The van der Waals surface area contributed by atoms with Gasteiger partial charge in [0.15, 0.2) is 0 Å². The molecule has 0 aliphatic carbocycles. The second kappa shape index (κ2) is 5.95. The topological polar surface area (TPSA) is 34.6 Å². The Balaban J connectivity index is 1.89. The number of benzene rings is 1. The minimum absolute atomic E-state index is 0.567. The van der Waals surface area contributed by atoms with E-state index in [1.54, 1.807) is 7.11 Å². The number of aromatic nitrogens is 1. The minimum Gasteiger partial charge on any atom is -0.497 e. The van der Waals surface area contributed by atoms with E-state index in [9.17, 15) is 0 Å². The third-order valence-corrected chi connectivity index (χ3v) is 3.88. The fraction of sp³-hybridized carbons (Fsp3) is 0.400. The standard InChI is InChI=1S/C15H17ClN2O2/c1-19-13-3-2-11-8-12(15(16)17-14(11)9-13)10-18-4-6-20-7-5-18/h2-3,8-9H,4-7,10H2,1H3. The molecule has 0 spiro atoms. The van der Waals surface area contributed by atoms with Crippen molar-refractivity contribution in [3.05, 3.63) is 35.0 Å². The number of methoxy groups -OCH3 is 1. The van der Waals surface area contributed by atoms with E-state index >= 15 is 0 Å². The third kappa shape index (κ3) is 2.87. The summed E-state index contributed by atoms with van der Waals surface area (Å²) >= 11 is 6.31. The molecule has 0 saturated carbocycles. The highest BCUT2D eigenvalue weighted by atomic mass is 35.5. The van der Waals surface area contributed by atoms with Crippen molar-refractivity contribution in [1.29, 1.82) is 0 Å². The van der Waals surface area contributed by atoms with Crippen molar-refractivity contribution in [3.63, 3.8) is 0 Å². The lowest BCUT2D eigenvalue weighted by atomic mass is 10.1. The van der Waals surface area contributed by atoms with Crippen molar-refractivity contribution < 1.29 is 9.47 Å². The zero-order valence-corrected chi connectivity index (χ0v) is 12.2. The normalized spacial score (nSPS) is 16.5. The Kier molecular flexibility index (Phi) is 4.05. The molecule has 2 aromatic rings. The Bertz CT molecular complexity index is 612. The Morgan fingerprint density at radius 1 is 1.30 bits per heavy atom. The SMILES string of the molecule is COc1ccc2cc(CN3CCOCC3)c(Cl)nc2c1. The van der Waals surface area contributed by atoms with E-state index in [-0.39, 0.29) is 0 Å². The number of hydrogen-bond donors (Lipinski definition) is 0. The zero-order chi connectivity index (χ0) is 13.9. The van der Waals surface area contributed by atoms with Gasteiger partial charge in [0.25, 0.3) is 0 Å². The molecule has 0 N–H and O–H groups in total. The summed E-state index contributed by atoms with van der Waals surface area (Å²) in [4.78, 5) is 6.81. The lowest BCUT2D eigenvalue weighted by Gasteiger charge is -2.26. The molecule has 1 fully saturated rings. The van der Waals surface area contributed by atoms with Crippen LogP contribution >= 0.6 is 11.6 Å². The minimum atomic E-state index is 0.567. The molecule has 106 valence electrons. The predicted molar refractivity (Wildman–Crippen MR) is 79.4 cm³/mol. The fourth-order valence-corrected chi connectivity index (χ4v) is 2.61. The van der Waals surface area contributed by atoms with Crippen molar-refractivity contribution in [2.24, 2.45) is 0 Å². The number of fused-ring (bicyclic) bond motifs is 1. The molecular formula is C15H17ClN2O2. The predicted octanol–water partition coefficient (Wildman–Crippen LogP) is 2.73. The van der Waals surface area contributed by atoms with Crippen molar-refractivity contribution in [2.45, 2.75) is 6.54 Å². The second-order valence-corrected chi connectivity index (χ2v) is 5.24. The summed E-state index contributed by atoms with van der Waals surface area (Å²) in [6.07, 6.45) is 0. The van der Waals surface area contributed by atoms with Crippen LogP contribution in [0.2, 0.25) is 5.15 Å². The molecule has 0 amide bonds. The lowest BCUT2D eigenvalue weighted by molar-refractivity contribution is 0.0342. The Labute approximate surface area is 123 Å². The first kappa shape index (κ1) is 13.6. The summed E-state index contributed by atoms with van der Waals surface area (Å²) in [6, 6.07) is 7.97. The molecule has 0 radical (unpaired) electrons. The van der Waals surface area contributed by atoms with E-state index in [0.717, 1.165) is 55.1 Å². The molecule has 1 aromatic carbocycles. The molecule has 1 aliphatic heterocycles. The largest absolute Gasteiger partial charge is 0.497 e. The molecule has 1 saturated heterocycles. The van der Waals surface area contributed by atoms with E-state index in [0.29, 0.717) is 5.15 Å². The van der Waals surface area contributed by atoms with Crippen LogP contribution in [0.25, 0.3) is 10.9 Å². The molecule has 0 bridgehead atoms. The highest BCUT2D eigenvalue weighted by Crippen LogP contribution is 2.25. The zero-order valence-electron chi connectivity index (χ0n) is 11.4. The summed E-state index contributed by atoms with van der Waals surface area (Å²) in [5.74, 6) is 0.794. The number of morpholine rings is 1. The van der Waals surface area contributed by atoms with Crippen molar-refractivity contribution in [2.75, 3.05) is 33.4 Å². The molecule has 5 heteroatoms. The van der Waals surface area contributed by atoms with Gasteiger partial charge in [0, 0.05) is 36.7 Å². The van der Waals surface area contributed by atoms with Crippen LogP contribution in [0.1, 0.15) is 5.56 Å². The highest BCUT2D eigenvalue weighted by Gasteiger charge is 2.14. The van der Waals surface area contributed by atoms with Crippen LogP contribution in [0.15, 0.2) is 24.3 Å². The summed E-state index contributed by atoms with van der Waals surface area (Å²) in [5, 5.41) is 1.65. The lowest BCUT2D eigenvalue weighted by Crippen LogP contribution is -2.35. The molecule has 0 unspecified atom stereocenters. The maximum absolute atomic E-state index is 6.31. The van der Waals surface area contributed by atoms with E-state index in [4.69, 9.17) is 21.1 Å². The molecule has 4 nitrogen and oxygen atoms in total. The van der Waals surface area contributed by atoms with Crippen LogP contribution in [0.3, 0.4) is 0 Å². The van der Waals surface area contributed by atoms with Crippen LogP contribution in [0.5, 0.6) is 5.75 Å². The first-order valence-corrected chi connectivity index (χ1v) is 7.07. The van der Waals surface area contributed by atoms with Gasteiger partial charge >= 0.3 is 0 Å². The maximum Gasteiger partial charge on any atom is 0.134 e. The van der Waals surface area contributed by atoms with E-state index in [1.807, 2.05) is 18.2 Å². The van der Waals surface area contributed by atoms with E-state index in [2.05, 4.69) is 16.0 Å². The van der Waals surface area contributed by atoms with Crippen LogP contribution in [-0.4, -0.2) is 43.3 Å². The number of rotatable bonds is 3. The summed E-state index contributed by atoms with van der Waals surface area (Å²) in [5.41, 5.74) is 1.92. The van der Waals surface area contributed by atoms with Gasteiger partial charge in [-0.25, -0.2) is 4.98 Å². The molecule has 20 heavy (non-hydrogen) atoms. The summed E-state index contributed by atoms with van der Waals surface area (Å²) in [7, 11) is 1.65. The van der Waals surface area contributed by atoms with Gasteiger partial charge in [0.1, 0.15) is 10.9 Å². The van der Waals surface area contributed by atoms with Crippen LogP contribution in [-0.2, 0) is 11.3 Å². The van der Waals surface area contributed by atoms with E-state index in [1.165, 1.54) is 0 Å². The maximum atomic E-state index is 6.31. The molecule has 1 aliphatic rings. The molecule has 0 atom stereocenters. The van der Waals surface area contributed by atoms with Gasteiger partial charge in [-0.2, -0.15) is 0 Å². The van der Waals surface area contributed by atoms with Gasteiger partial charge in [-0.1, -0.05) is 11.6 Å². The second-order valence-electron chi connectivity index (χ2n) is 4.89. The molecular weight excluding hydrogens is 276 g/mol. The number of hydrogen-bond acceptors (Lipinski definition) is 4. The number of halogens is 1. The smallest absolute Gasteiger partial charge is 0.134 e. The van der Waals surface area contributed by atoms with Crippen molar-refractivity contribution in [3.8, 4) is 5.75 Å². The molecule has 2 heterocycles. The van der Waals surface area contributed by atoms with Crippen molar-refractivity contribution >= 4 is 22.5 Å². The number of pyridine rings is 1. The van der Waals surface area contributed by atoms with Crippen LogP contribution in [0, 0.1) is 0 Å². The van der Waals surface area contributed by atoms with Gasteiger partial charge in [-0.05, 0) is 18.2 Å². The average molecular weight is 293 g/mol. The van der Waals surface area contributed by atoms with Gasteiger partial charge in [0.05, 0.1) is 25.8 Å². The van der Waals surface area contributed by atoms with Gasteiger partial charge in [-0.3, -0.25) is 4.90 Å². The van der Waals surface area contributed by atoms with Crippen LogP contribution in [0.4, 0.5) is 0 Å². The quantitative estimate of drug-likeness (QED) is 0.815. The van der Waals surface area contributed by atoms with Crippen molar-refractivity contribution in [1.82, 2.24) is 9.88 Å². The monoisotopic (exact) mass is 292 g/mol. The first-order chi connectivity index (χ1) is 9.76. The van der Waals surface area contributed by atoms with Gasteiger partial charge in [-0.15, -0.1) is 0 Å². The fourth-order valence-electron chi connectivity index (χ4n) is 2.41. The average Bonchev–Trinajstić information content (AvgIpc) is 2.48. The van der Waals surface area contributed by atoms with Crippen LogP contribution < -0.4 is 4.74 Å². The first-order valence-electron chi connectivity index (χ1n) is 6.69. The number of ether oxygens (including phenoxy) is 2.